The number of rotatable bonds is 5. The number of carbonyl (C=O) groups excluding carboxylic acids is 1. The maximum absolute atomic E-state index is 12.2. The lowest BCUT2D eigenvalue weighted by molar-refractivity contribution is -0.132. The zero-order valence-corrected chi connectivity index (χ0v) is 15.2. The monoisotopic (exact) mass is 387 g/mol. The van der Waals surface area contributed by atoms with Crippen LogP contribution in [0.5, 0.6) is 5.75 Å². The minimum absolute atomic E-state index is 0.00176. The van der Waals surface area contributed by atoms with Gasteiger partial charge in [0.2, 0.25) is 0 Å². The van der Waals surface area contributed by atoms with Crippen molar-refractivity contribution in [1.82, 2.24) is 4.90 Å². The second kappa shape index (κ2) is 7.09. The Morgan fingerprint density at radius 3 is 2.62 bits per heavy atom. The van der Waals surface area contributed by atoms with Crippen LogP contribution in [0.25, 0.3) is 10.8 Å². The molecule has 2 aromatic carbocycles. The summed E-state index contributed by atoms with van der Waals surface area (Å²) in [4.78, 5) is 13.8. The van der Waals surface area contributed by atoms with Crippen molar-refractivity contribution in [3.63, 3.8) is 0 Å². The molecular weight excluding hydrogens is 370 g/mol. The number of carbonyl (C=O) groups is 1. The molecule has 1 amide bonds. The Hall–Kier alpha value is -2.27. The Morgan fingerprint density at radius 2 is 1.88 bits per heavy atom. The van der Waals surface area contributed by atoms with Crippen LogP contribution in [0.15, 0.2) is 57.4 Å². The first kappa shape index (κ1) is 16.6. The van der Waals surface area contributed by atoms with E-state index in [0.29, 0.717) is 12.3 Å². The van der Waals surface area contributed by atoms with Gasteiger partial charge >= 0.3 is 0 Å². The van der Waals surface area contributed by atoms with Crippen LogP contribution in [0.1, 0.15) is 11.5 Å². The molecule has 0 aliphatic rings. The third-order valence-electron chi connectivity index (χ3n) is 3.75. The van der Waals surface area contributed by atoms with Crippen molar-refractivity contribution in [1.29, 1.82) is 0 Å². The lowest BCUT2D eigenvalue weighted by Gasteiger charge is -2.16. The molecule has 0 radical (unpaired) electrons. The predicted molar refractivity (Wildman–Crippen MR) is 97.1 cm³/mol. The molecule has 5 heteroatoms. The number of nitrogens with zero attached hydrogens (tertiary/aromatic N) is 1. The van der Waals surface area contributed by atoms with E-state index < -0.39 is 0 Å². The molecule has 0 saturated carbocycles. The first-order chi connectivity index (χ1) is 11.5. The zero-order chi connectivity index (χ0) is 17.1. The first-order valence-electron chi connectivity index (χ1n) is 7.63. The maximum Gasteiger partial charge on any atom is 0.260 e. The summed E-state index contributed by atoms with van der Waals surface area (Å²) in [5, 5.41) is 2.19. The van der Waals surface area contributed by atoms with Crippen LogP contribution in [0, 0.1) is 6.92 Å². The van der Waals surface area contributed by atoms with E-state index in [0.717, 1.165) is 26.8 Å². The molecule has 4 nitrogen and oxygen atoms in total. The summed E-state index contributed by atoms with van der Waals surface area (Å²) in [6.07, 6.45) is 0. The summed E-state index contributed by atoms with van der Waals surface area (Å²) in [5.41, 5.74) is 0. The van der Waals surface area contributed by atoms with Crippen LogP contribution < -0.4 is 4.74 Å². The van der Waals surface area contributed by atoms with Crippen LogP contribution >= 0.6 is 15.9 Å². The molecule has 0 aliphatic carbocycles. The van der Waals surface area contributed by atoms with Gasteiger partial charge in [-0.15, -0.1) is 0 Å². The summed E-state index contributed by atoms with van der Waals surface area (Å²) < 4.78 is 12.2. The van der Waals surface area contributed by atoms with Gasteiger partial charge < -0.3 is 14.1 Å². The van der Waals surface area contributed by atoms with Crippen LogP contribution in [0.4, 0.5) is 0 Å². The second-order valence-electron chi connectivity index (χ2n) is 5.70. The summed E-state index contributed by atoms with van der Waals surface area (Å²) in [6.45, 7) is 2.31. The van der Waals surface area contributed by atoms with Crippen molar-refractivity contribution in [2.45, 2.75) is 13.5 Å². The molecular formula is C19H18BrNO3. The number of ether oxygens (including phenoxy) is 1. The highest BCUT2D eigenvalue weighted by atomic mass is 79.9. The molecule has 0 bridgehead atoms. The van der Waals surface area contributed by atoms with Crippen molar-refractivity contribution < 1.29 is 13.9 Å². The summed E-state index contributed by atoms with van der Waals surface area (Å²) >= 11 is 3.46. The average Bonchev–Trinajstić information content (AvgIpc) is 2.97. The third kappa shape index (κ3) is 3.97. The van der Waals surface area contributed by atoms with E-state index in [9.17, 15) is 4.79 Å². The predicted octanol–water partition coefficient (Wildman–Crippen LogP) is 4.54. The molecule has 0 spiro atoms. The SMILES string of the molecule is Cc1ccc(CN(C)C(=O)COc2ccc3cc(Br)ccc3c2)o1. The van der Waals surface area contributed by atoms with Crippen molar-refractivity contribution in [3.05, 3.63) is 64.5 Å². The van der Waals surface area contributed by atoms with Gasteiger partial charge in [-0.1, -0.05) is 28.1 Å². The smallest absolute Gasteiger partial charge is 0.260 e. The van der Waals surface area contributed by atoms with Crippen LogP contribution in [-0.4, -0.2) is 24.5 Å². The van der Waals surface area contributed by atoms with Gasteiger partial charge in [0.05, 0.1) is 6.54 Å². The van der Waals surface area contributed by atoms with Gasteiger partial charge in [-0.2, -0.15) is 0 Å². The first-order valence-corrected chi connectivity index (χ1v) is 8.42. The van der Waals surface area contributed by atoms with Crippen molar-refractivity contribution in [3.8, 4) is 5.75 Å². The molecule has 3 aromatic rings. The highest BCUT2D eigenvalue weighted by Gasteiger charge is 2.12. The van der Waals surface area contributed by atoms with Gasteiger partial charge in [0.25, 0.3) is 5.91 Å². The van der Waals surface area contributed by atoms with E-state index in [1.165, 1.54) is 0 Å². The lowest BCUT2D eigenvalue weighted by atomic mass is 10.1. The zero-order valence-electron chi connectivity index (χ0n) is 13.6. The fraction of sp³-hybridized carbons (Fsp3) is 0.211. The quantitative estimate of drug-likeness (QED) is 0.645. The number of aryl methyl sites for hydroxylation is 1. The molecule has 0 aliphatic heterocycles. The fourth-order valence-electron chi connectivity index (χ4n) is 2.43. The molecule has 0 unspecified atom stereocenters. The standard InChI is InChI=1S/C19H18BrNO3/c1-13-3-7-18(24-13)11-21(2)19(22)12-23-17-8-5-14-9-16(20)6-4-15(14)10-17/h3-10H,11-12H2,1-2H3. The van der Waals surface area contributed by atoms with Crippen molar-refractivity contribution >= 4 is 32.6 Å². The summed E-state index contributed by atoms with van der Waals surface area (Å²) in [7, 11) is 1.74. The minimum Gasteiger partial charge on any atom is -0.484 e. The Bertz CT molecular complexity index is 872. The van der Waals surface area contributed by atoms with E-state index in [2.05, 4.69) is 15.9 Å². The fourth-order valence-corrected chi connectivity index (χ4v) is 2.81. The molecule has 0 fully saturated rings. The molecule has 0 saturated heterocycles. The van der Waals surface area contributed by atoms with Gasteiger partial charge in [0.1, 0.15) is 17.3 Å². The largest absolute Gasteiger partial charge is 0.484 e. The maximum atomic E-state index is 12.2. The van der Waals surface area contributed by atoms with E-state index in [1.807, 2.05) is 55.5 Å². The third-order valence-corrected chi connectivity index (χ3v) is 4.24. The number of hydrogen-bond donors (Lipinski definition) is 0. The number of amides is 1. The Morgan fingerprint density at radius 1 is 1.12 bits per heavy atom. The van der Waals surface area contributed by atoms with E-state index >= 15 is 0 Å². The molecule has 0 atom stereocenters. The molecule has 24 heavy (non-hydrogen) atoms. The number of hydrogen-bond acceptors (Lipinski definition) is 3. The number of halogens is 1. The van der Waals surface area contributed by atoms with Crippen LogP contribution in [0.3, 0.4) is 0 Å². The summed E-state index contributed by atoms with van der Waals surface area (Å²) in [6, 6.07) is 15.6. The highest BCUT2D eigenvalue weighted by Crippen LogP contribution is 2.24. The molecule has 124 valence electrons. The molecule has 3 rings (SSSR count). The van der Waals surface area contributed by atoms with E-state index in [4.69, 9.17) is 9.15 Å². The van der Waals surface area contributed by atoms with Gasteiger partial charge in [0.15, 0.2) is 6.61 Å². The number of benzene rings is 2. The van der Waals surface area contributed by atoms with E-state index in [1.54, 1.807) is 11.9 Å². The Kier molecular flexibility index (Phi) is 4.90. The van der Waals surface area contributed by atoms with Crippen molar-refractivity contribution in [2.75, 3.05) is 13.7 Å². The van der Waals surface area contributed by atoms with Gasteiger partial charge in [0, 0.05) is 11.5 Å². The highest BCUT2D eigenvalue weighted by molar-refractivity contribution is 9.10. The van der Waals surface area contributed by atoms with Crippen LogP contribution in [-0.2, 0) is 11.3 Å². The van der Waals surface area contributed by atoms with Gasteiger partial charge in [-0.25, -0.2) is 0 Å². The Labute approximate surface area is 149 Å². The Balaban J connectivity index is 1.60. The summed E-state index contributed by atoms with van der Waals surface area (Å²) in [5.74, 6) is 2.19. The number of furan rings is 1. The molecule has 1 aromatic heterocycles. The topological polar surface area (TPSA) is 42.7 Å². The second-order valence-corrected chi connectivity index (χ2v) is 6.62. The van der Waals surface area contributed by atoms with Gasteiger partial charge in [-0.05, 0) is 54.1 Å². The van der Waals surface area contributed by atoms with Gasteiger partial charge in [-0.3, -0.25) is 4.79 Å². The normalized spacial score (nSPS) is 10.8. The lowest BCUT2D eigenvalue weighted by Crippen LogP contribution is -2.30. The molecule has 1 heterocycles. The van der Waals surface area contributed by atoms with E-state index in [-0.39, 0.29) is 12.5 Å². The number of likely N-dealkylation sites (N-methyl/N-ethyl adjacent to an activating group) is 1. The van der Waals surface area contributed by atoms with Crippen LogP contribution in [0.2, 0.25) is 0 Å². The minimum atomic E-state index is -0.0973. The van der Waals surface area contributed by atoms with Crippen molar-refractivity contribution in [2.24, 2.45) is 0 Å². The molecule has 0 N–H and O–H groups in total. The number of fused-ring (bicyclic) bond motifs is 1. The average molecular weight is 388 g/mol.